The first-order chi connectivity index (χ1) is 6.20. The zero-order valence-corrected chi connectivity index (χ0v) is 9.89. The highest BCUT2D eigenvalue weighted by molar-refractivity contribution is 6.97. The van der Waals surface area contributed by atoms with Crippen LogP contribution in [-0.4, -0.2) is 54.5 Å². The lowest BCUT2D eigenvalue weighted by Gasteiger charge is -2.16. The lowest BCUT2D eigenvalue weighted by molar-refractivity contribution is -0.127. The summed E-state index contributed by atoms with van der Waals surface area (Å²) in [5.74, 6) is 0. The average molecular weight is 243 g/mol. The van der Waals surface area contributed by atoms with Crippen molar-refractivity contribution in [1.29, 1.82) is 0 Å². The van der Waals surface area contributed by atoms with Gasteiger partial charge in [-0.25, -0.2) is 4.79 Å². The van der Waals surface area contributed by atoms with Gasteiger partial charge in [-0.1, -0.05) is 0 Å². The third kappa shape index (κ3) is 9.28. The van der Waals surface area contributed by atoms with Gasteiger partial charge in [0.1, 0.15) is 0 Å². The van der Waals surface area contributed by atoms with Crippen LogP contribution in [0.1, 0.15) is 0 Å². The van der Waals surface area contributed by atoms with Crippen LogP contribution >= 0.6 is 23.2 Å². The Kier molecular flexibility index (Phi) is 8.48. The largest absolute Gasteiger partial charge is 0.331 e. The fourth-order valence-corrected chi connectivity index (χ4v) is 0.400. The van der Waals surface area contributed by atoms with E-state index in [2.05, 4.69) is 23.2 Å². The van der Waals surface area contributed by atoms with Gasteiger partial charge in [-0.15, -0.1) is 0 Å². The summed E-state index contributed by atoms with van der Waals surface area (Å²) in [6.07, 6.45) is 0. The molecule has 0 saturated carbocycles. The summed E-state index contributed by atoms with van der Waals surface area (Å²) in [5.41, 5.74) is 0. The molecule has 2 amide bonds. The zero-order chi connectivity index (χ0) is 11.9. The number of nitrogens with zero attached hydrogens (tertiary/aromatic N) is 2. The standard InChI is InChI=1S/C5H12N2O.C2Cl2O2/c1-6(2)5(8)7(3)4;3-1(5)2(4)6/h1-4H3;. The van der Waals surface area contributed by atoms with E-state index in [1.807, 2.05) is 0 Å². The SMILES string of the molecule is CN(C)C(=O)N(C)C.O=C(Cl)C(=O)Cl. The van der Waals surface area contributed by atoms with Crippen LogP contribution in [0.3, 0.4) is 0 Å². The van der Waals surface area contributed by atoms with Crippen LogP contribution in [-0.2, 0) is 9.59 Å². The van der Waals surface area contributed by atoms with Crippen molar-refractivity contribution in [3.63, 3.8) is 0 Å². The van der Waals surface area contributed by atoms with Crippen LogP contribution in [0.5, 0.6) is 0 Å². The topological polar surface area (TPSA) is 57.7 Å². The summed E-state index contributed by atoms with van der Waals surface area (Å²) in [5, 5.41) is -2.28. The average Bonchev–Trinajstić information content (AvgIpc) is 2.03. The van der Waals surface area contributed by atoms with Crippen LogP contribution in [0.4, 0.5) is 4.79 Å². The van der Waals surface area contributed by atoms with E-state index < -0.39 is 10.5 Å². The van der Waals surface area contributed by atoms with Crippen LogP contribution in [0.15, 0.2) is 0 Å². The molecule has 0 N–H and O–H groups in total. The summed E-state index contributed by atoms with van der Waals surface area (Å²) in [4.78, 5) is 32.6. The highest BCUT2D eigenvalue weighted by Gasteiger charge is 2.02. The maximum atomic E-state index is 10.7. The van der Waals surface area contributed by atoms with Crippen molar-refractivity contribution >= 4 is 39.7 Å². The van der Waals surface area contributed by atoms with Gasteiger partial charge in [0.05, 0.1) is 0 Å². The molecule has 0 aliphatic rings. The number of halogens is 2. The molecule has 0 rings (SSSR count). The first kappa shape index (κ1) is 15.7. The summed E-state index contributed by atoms with van der Waals surface area (Å²) in [6, 6.07) is 0.0185. The number of amides is 2. The van der Waals surface area contributed by atoms with Gasteiger partial charge in [-0.3, -0.25) is 9.59 Å². The Bertz CT molecular complexity index is 207. The number of carbonyl (C=O) groups is 3. The predicted octanol–water partition coefficient (Wildman–Crippen LogP) is 0.747. The second-order valence-electron chi connectivity index (χ2n) is 2.62. The van der Waals surface area contributed by atoms with Gasteiger partial charge in [-0.05, 0) is 23.2 Å². The molecule has 0 spiro atoms. The molecule has 0 fully saturated rings. The monoisotopic (exact) mass is 242 g/mol. The molecule has 0 saturated heterocycles. The molecule has 0 aliphatic carbocycles. The molecule has 0 aromatic rings. The molecular formula is C7H12Cl2N2O3. The Morgan fingerprint density at radius 3 is 1.00 bits per heavy atom. The molecule has 7 heteroatoms. The molecule has 82 valence electrons. The number of carbonyl (C=O) groups excluding carboxylic acids is 3. The van der Waals surface area contributed by atoms with E-state index in [0.717, 1.165) is 0 Å². The Balaban J connectivity index is 0. The third-order valence-electron chi connectivity index (χ3n) is 0.920. The van der Waals surface area contributed by atoms with Gasteiger partial charge in [0.2, 0.25) is 0 Å². The summed E-state index contributed by atoms with van der Waals surface area (Å²) in [6.45, 7) is 0. The van der Waals surface area contributed by atoms with E-state index in [9.17, 15) is 14.4 Å². The van der Waals surface area contributed by atoms with Gasteiger partial charge in [0.15, 0.2) is 0 Å². The van der Waals surface area contributed by atoms with Gasteiger partial charge in [-0.2, -0.15) is 0 Å². The Hall–Kier alpha value is -0.810. The van der Waals surface area contributed by atoms with Crippen molar-refractivity contribution in [2.45, 2.75) is 0 Å². The van der Waals surface area contributed by atoms with Gasteiger partial charge < -0.3 is 9.80 Å². The summed E-state index contributed by atoms with van der Waals surface area (Å²) in [7, 11) is 6.90. The second-order valence-corrected chi connectivity index (χ2v) is 3.31. The summed E-state index contributed by atoms with van der Waals surface area (Å²) < 4.78 is 0. The molecular weight excluding hydrogens is 231 g/mol. The van der Waals surface area contributed by atoms with Crippen LogP contribution in [0.2, 0.25) is 0 Å². The molecule has 0 bridgehead atoms. The number of hydrogen-bond acceptors (Lipinski definition) is 3. The van der Waals surface area contributed by atoms with E-state index in [1.165, 1.54) is 9.80 Å². The van der Waals surface area contributed by atoms with E-state index in [-0.39, 0.29) is 6.03 Å². The van der Waals surface area contributed by atoms with E-state index in [0.29, 0.717) is 0 Å². The van der Waals surface area contributed by atoms with Gasteiger partial charge in [0, 0.05) is 28.2 Å². The normalized spacial score (nSPS) is 8.14. The van der Waals surface area contributed by atoms with E-state index >= 15 is 0 Å². The van der Waals surface area contributed by atoms with Crippen molar-refractivity contribution in [2.24, 2.45) is 0 Å². The minimum atomic E-state index is -1.14. The Labute approximate surface area is 92.5 Å². The Morgan fingerprint density at radius 1 is 0.786 bits per heavy atom. The molecule has 5 nitrogen and oxygen atoms in total. The Morgan fingerprint density at radius 2 is 1.00 bits per heavy atom. The lowest BCUT2D eigenvalue weighted by atomic mass is 10.7. The molecule has 0 heterocycles. The molecule has 0 unspecified atom stereocenters. The van der Waals surface area contributed by atoms with Crippen molar-refractivity contribution in [3.05, 3.63) is 0 Å². The smallest absolute Gasteiger partial charge is 0.318 e. The minimum absolute atomic E-state index is 0.0185. The fraction of sp³-hybridized carbons (Fsp3) is 0.571. The van der Waals surface area contributed by atoms with Crippen molar-refractivity contribution in [3.8, 4) is 0 Å². The van der Waals surface area contributed by atoms with E-state index in [4.69, 9.17) is 0 Å². The highest BCUT2D eigenvalue weighted by atomic mass is 35.5. The molecule has 0 atom stereocenters. The molecule has 0 aliphatic heterocycles. The van der Waals surface area contributed by atoms with Gasteiger partial charge in [0.25, 0.3) is 0 Å². The van der Waals surface area contributed by atoms with Crippen LogP contribution < -0.4 is 0 Å². The van der Waals surface area contributed by atoms with Crippen LogP contribution in [0, 0.1) is 0 Å². The highest BCUT2D eigenvalue weighted by Crippen LogP contribution is 1.85. The second kappa shape index (κ2) is 7.58. The molecule has 0 radical (unpaired) electrons. The van der Waals surface area contributed by atoms with Crippen molar-refractivity contribution in [2.75, 3.05) is 28.2 Å². The number of rotatable bonds is 1. The first-order valence-electron chi connectivity index (χ1n) is 3.48. The molecule has 14 heavy (non-hydrogen) atoms. The lowest BCUT2D eigenvalue weighted by Crippen LogP contribution is -2.33. The molecule has 0 aromatic carbocycles. The number of hydrogen-bond donors (Lipinski definition) is 0. The third-order valence-corrected chi connectivity index (χ3v) is 1.36. The predicted molar refractivity (Wildman–Crippen MR) is 54.5 cm³/mol. The number of urea groups is 1. The molecule has 0 aromatic heterocycles. The first-order valence-corrected chi connectivity index (χ1v) is 4.23. The van der Waals surface area contributed by atoms with Crippen molar-refractivity contribution < 1.29 is 14.4 Å². The fourth-order valence-electron chi connectivity index (χ4n) is 0.400. The van der Waals surface area contributed by atoms with Crippen molar-refractivity contribution in [1.82, 2.24) is 9.80 Å². The van der Waals surface area contributed by atoms with Crippen LogP contribution in [0.25, 0.3) is 0 Å². The maximum Gasteiger partial charge on any atom is 0.318 e. The maximum absolute atomic E-state index is 10.7. The van der Waals surface area contributed by atoms with E-state index in [1.54, 1.807) is 28.2 Å². The zero-order valence-electron chi connectivity index (χ0n) is 8.38. The summed E-state index contributed by atoms with van der Waals surface area (Å²) >= 11 is 8.98. The quantitative estimate of drug-likeness (QED) is 0.504. The minimum Gasteiger partial charge on any atom is -0.331 e. The van der Waals surface area contributed by atoms with Gasteiger partial charge >= 0.3 is 16.5 Å².